The quantitative estimate of drug-likeness (QED) is 0.723. The average Bonchev–Trinajstić information content (AvgIpc) is 2.68. The molecule has 0 saturated carbocycles. The number of hydrogen-bond acceptors (Lipinski definition) is 5. The molecule has 1 aliphatic heterocycles. The highest BCUT2D eigenvalue weighted by Gasteiger charge is 2.23. The van der Waals surface area contributed by atoms with Gasteiger partial charge in [-0.3, -0.25) is 14.8 Å². The lowest BCUT2D eigenvalue weighted by Gasteiger charge is -2.35. The number of aromatic nitrogens is 3. The molecule has 4 rings (SSSR count). The van der Waals surface area contributed by atoms with Gasteiger partial charge in [-0.2, -0.15) is 0 Å². The Hall–Kier alpha value is -3.02. The number of fused-ring (bicyclic) bond motifs is 1. The number of nitrogens with zero attached hydrogens (tertiary/aromatic N) is 5. The maximum Gasteiger partial charge on any atom is 0.272 e. The Kier molecular flexibility index (Phi) is 3.78. The molecular formula is C18H17N5O. The van der Waals surface area contributed by atoms with Crippen LogP contribution in [-0.2, 0) is 0 Å². The molecule has 0 aliphatic carbocycles. The van der Waals surface area contributed by atoms with Gasteiger partial charge in [0, 0.05) is 32.4 Å². The lowest BCUT2D eigenvalue weighted by Crippen LogP contribution is -2.49. The molecule has 0 N–H and O–H groups in total. The summed E-state index contributed by atoms with van der Waals surface area (Å²) >= 11 is 0. The van der Waals surface area contributed by atoms with Crippen LogP contribution in [0.1, 0.15) is 10.5 Å². The van der Waals surface area contributed by atoms with Gasteiger partial charge in [0.05, 0.1) is 17.2 Å². The van der Waals surface area contributed by atoms with E-state index in [1.54, 1.807) is 18.5 Å². The minimum absolute atomic E-state index is 0.0140. The summed E-state index contributed by atoms with van der Waals surface area (Å²) in [5.41, 5.74) is 2.28. The minimum Gasteiger partial charge on any atom is -0.352 e. The Balaban J connectivity index is 1.46. The zero-order valence-electron chi connectivity index (χ0n) is 13.2. The van der Waals surface area contributed by atoms with Gasteiger partial charge in [-0.05, 0) is 24.3 Å². The molecule has 1 aromatic carbocycles. The summed E-state index contributed by atoms with van der Waals surface area (Å²) in [5.74, 6) is 0.846. The van der Waals surface area contributed by atoms with E-state index >= 15 is 0 Å². The maximum absolute atomic E-state index is 12.4. The zero-order valence-corrected chi connectivity index (χ0v) is 13.2. The molecule has 1 amide bonds. The molecule has 1 saturated heterocycles. The van der Waals surface area contributed by atoms with Crippen molar-refractivity contribution in [3.05, 3.63) is 60.6 Å². The lowest BCUT2D eigenvalue weighted by atomic mass is 10.2. The number of anilines is 1. The number of para-hydroxylation sites is 2. The Morgan fingerprint density at radius 2 is 1.62 bits per heavy atom. The normalized spacial score (nSPS) is 14.8. The van der Waals surface area contributed by atoms with E-state index in [-0.39, 0.29) is 5.91 Å². The van der Waals surface area contributed by atoms with Crippen LogP contribution in [0.25, 0.3) is 11.0 Å². The molecular weight excluding hydrogens is 302 g/mol. The van der Waals surface area contributed by atoms with E-state index in [0.717, 1.165) is 29.9 Å². The van der Waals surface area contributed by atoms with E-state index in [1.165, 1.54) is 0 Å². The molecule has 24 heavy (non-hydrogen) atoms. The van der Waals surface area contributed by atoms with Crippen molar-refractivity contribution in [2.75, 3.05) is 31.1 Å². The highest BCUT2D eigenvalue weighted by molar-refractivity contribution is 5.92. The number of pyridine rings is 1. The van der Waals surface area contributed by atoms with Crippen molar-refractivity contribution in [1.29, 1.82) is 0 Å². The molecule has 0 atom stereocenters. The fourth-order valence-corrected chi connectivity index (χ4v) is 2.89. The van der Waals surface area contributed by atoms with Crippen molar-refractivity contribution in [3.8, 4) is 0 Å². The Labute approximate surface area is 139 Å². The van der Waals surface area contributed by atoms with Crippen LogP contribution in [0.4, 0.5) is 5.82 Å². The van der Waals surface area contributed by atoms with E-state index < -0.39 is 0 Å². The van der Waals surface area contributed by atoms with Gasteiger partial charge < -0.3 is 9.80 Å². The van der Waals surface area contributed by atoms with E-state index in [0.29, 0.717) is 18.8 Å². The van der Waals surface area contributed by atoms with Crippen molar-refractivity contribution < 1.29 is 4.79 Å². The third-order valence-electron chi connectivity index (χ3n) is 4.21. The number of carbonyl (C=O) groups is 1. The first-order valence-electron chi connectivity index (χ1n) is 7.98. The largest absolute Gasteiger partial charge is 0.352 e. The predicted molar refractivity (Wildman–Crippen MR) is 91.9 cm³/mol. The second-order valence-electron chi connectivity index (χ2n) is 5.71. The van der Waals surface area contributed by atoms with Crippen LogP contribution in [0.3, 0.4) is 0 Å². The summed E-state index contributed by atoms with van der Waals surface area (Å²) in [5, 5.41) is 0. The maximum atomic E-state index is 12.4. The molecule has 6 nitrogen and oxygen atoms in total. The molecule has 2 aromatic heterocycles. The van der Waals surface area contributed by atoms with Crippen LogP contribution >= 0.6 is 0 Å². The second-order valence-corrected chi connectivity index (χ2v) is 5.71. The van der Waals surface area contributed by atoms with Crippen LogP contribution in [0.15, 0.2) is 54.9 Å². The number of amides is 1. The van der Waals surface area contributed by atoms with Crippen LogP contribution in [0.5, 0.6) is 0 Å². The van der Waals surface area contributed by atoms with Gasteiger partial charge in [-0.15, -0.1) is 0 Å². The highest BCUT2D eigenvalue weighted by Crippen LogP contribution is 2.17. The number of piperazine rings is 1. The molecule has 6 heteroatoms. The first-order valence-corrected chi connectivity index (χ1v) is 7.98. The first-order chi connectivity index (χ1) is 11.8. The fourth-order valence-electron chi connectivity index (χ4n) is 2.89. The molecule has 0 radical (unpaired) electrons. The summed E-state index contributed by atoms with van der Waals surface area (Å²) < 4.78 is 0. The number of benzene rings is 1. The van der Waals surface area contributed by atoms with Crippen LogP contribution in [-0.4, -0.2) is 51.9 Å². The minimum atomic E-state index is -0.0140. The van der Waals surface area contributed by atoms with Crippen LogP contribution in [0, 0.1) is 0 Å². The van der Waals surface area contributed by atoms with Gasteiger partial charge in [-0.1, -0.05) is 18.2 Å². The molecule has 1 aliphatic rings. The van der Waals surface area contributed by atoms with Gasteiger partial charge in [0.15, 0.2) is 0 Å². The summed E-state index contributed by atoms with van der Waals surface area (Å²) in [6, 6.07) is 13.2. The van der Waals surface area contributed by atoms with Crippen molar-refractivity contribution in [3.63, 3.8) is 0 Å². The molecule has 0 spiro atoms. The summed E-state index contributed by atoms with van der Waals surface area (Å²) in [6.07, 6.45) is 3.45. The standard InChI is InChI=1S/C18H17N5O/c24-18(16-7-3-4-8-19-16)23-11-9-22(10-12-23)17-13-20-14-5-1-2-6-15(14)21-17/h1-8,13H,9-12H2. The van der Waals surface area contributed by atoms with E-state index in [1.807, 2.05) is 41.3 Å². The Morgan fingerprint density at radius 1 is 0.875 bits per heavy atom. The van der Waals surface area contributed by atoms with Crippen molar-refractivity contribution in [1.82, 2.24) is 19.9 Å². The fraction of sp³-hybridized carbons (Fsp3) is 0.222. The average molecular weight is 319 g/mol. The monoisotopic (exact) mass is 319 g/mol. The number of hydrogen-bond donors (Lipinski definition) is 0. The second kappa shape index (κ2) is 6.23. The van der Waals surface area contributed by atoms with Gasteiger partial charge in [0.25, 0.3) is 5.91 Å². The molecule has 0 bridgehead atoms. The topological polar surface area (TPSA) is 62.2 Å². The van der Waals surface area contributed by atoms with Gasteiger partial charge in [0.1, 0.15) is 11.5 Å². The van der Waals surface area contributed by atoms with Gasteiger partial charge >= 0.3 is 0 Å². The lowest BCUT2D eigenvalue weighted by molar-refractivity contribution is 0.0740. The molecule has 1 fully saturated rings. The van der Waals surface area contributed by atoms with Crippen molar-refractivity contribution >= 4 is 22.8 Å². The predicted octanol–water partition coefficient (Wildman–Crippen LogP) is 1.99. The third-order valence-corrected chi connectivity index (χ3v) is 4.21. The summed E-state index contributed by atoms with van der Waals surface area (Å²) in [4.78, 5) is 29.7. The van der Waals surface area contributed by atoms with Gasteiger partial charge in [-0.25, -0.2) is 4.98 Å². The summed E-state index contributed by atoms with van der Waals surface area (Å²) in [6.45, 7) is 2.80. The van der Waals surface area contributed by atoms with Crippen LogP contribution in [0.2, 0.25) is 0 Å². The molecule has 3 aromatic rings. The highest BCUT2D eigenvalue weighted by atomic mass is 16.2. The summed E-state index contributed by atoms with van der Waals surface area (Å²) in [7, 11) is 0. The zero-order chi connectivity index (χ0) is 16.4. The first kappa shape index (κ1) is 14.6. The molecule has 0 unspecified atom stereocenters. The molecule has 120 valence electrons. The van der Waals surface area contributed by atoms with Crippen LogP contribution < -0.4 is 4.90 Å². The smallest absolute Gasteiger partial charge is 0.272 e. The van der Waals surface area contributed by atoms with Crippen molar-refractivity contribution in [2.24, 2.45) is 0 Å². The van der Waals surface area contributed by atoms with Gasteiger partial charge in [0.2, 0.25) is 0 Å². The number of carbonyl (C=O) groups excluding carboxylic acids is 1. The Morgan fingerprint density at radius 3 is 2.38 bits per heavy atom. The van der Waals surface area contributed by atoms with E-state index in [9.17, 15) is 4.79 Å². The third kappa shape index (κ3) is 2.78. The number of rotatable bonds is 2. The molecule has 3 heterocycles. The van der Waals surface area contributed by atoms with E-state index in [4.69, 9.17) is 0 Å². The Bertz CT molecular complexity index is 859. The SMILES string of the molecule is O=C(c1ccccn1)N1CCN(c2cnc3ccccc3n2)CC1. The van der Waals surface area contributed by atoms with E-state index in [2.05, 4.69) is 19.9 Å². The van der Waals surface area contributed by atoms with Crippen molar-refractivity contribution in [2.45, 2.75) is 0 Å².